The Balaban J connectivity index is 1.52. The van der Waals surface area contributed by atoms with Crippen LogP contribution in [0.25, 0.3) is 28.3 Å². The average molecular weight is 464 g/mol. The fourth-order valence-electron chi connectivity index (χ4n) is 3.86. The number of benzene rings is 4. The van der Waals surface area contributed by atoms with Gasteiger partial charge in [0.15, 0.2) is 0 Å². The molecule has 0 heterocycles. The van der Waals surface area contributed by atoms with E-state index in [1.165, 1.54) is 18.2 Å². The Kier molecular flexibility index (Phi) is 6.92. The van der Waals surface area contributed by atoms with Gasteiger partial charge in [0, 0.05) is 5.56 Å². The van der Waals surface area contributed by atoms with Gasteiger partial charge in [-0.2, -0.15) is 0 Å². The molecule has 4 aromatic rings. The summed E-state index contributed by atoms with van der Waals surface area (Å²) in [6, 6.07) is 18.9. The molecule has 0 nitrogen and oxygen atoms in total. The van der Waals surface area contributed by atoms with Crippen LogP contribution in [0.2, 0.25) is 0 Å². The van der Waals surface area contributed by atoms with Gasteiger partial charge in [-0.3, -0.25) is 0 Å². The quantitative estimate of drug-likeness (QED) is 0.241. The van der Waals surface area contributed by atoms with Gasteiger partial charge in [-0.05, 0) is 70.5 Å². The van der Waals surface area contributed by atoms with Crippen molar-refractivity contribution in [1.29, 1.82) is 0 Å². The summed E-state index contributed by atoms with van der Waals surface area (Å²) in [6.07, 6.45) is 2.08. The molecule has 0 N–H and O–H groups in total. The van der Waals surface area contributed by atoms with Gasteiger partial charge in [-0.15, -0.1) is 0 Å². The van der Waals surface area contributed by atoms with Gasteiger partial charge in [0.25, 0.3) is 0 Å². The highest BCUT2D eigenvalue weighted by Gasteiger charge is 2.13. The maximum atomic E-state index is 14.9. The molecule has 0 unspecified atom stereocenters. The molecule has 0 saturated heterocycles. The largest absolute Gasteiger partial charge is 0.246 e. The van der Waals surface area contributed by atoms with Crippen LogP contribution in [0.1, 0.15) is 22.3 Å². The van der Waals surface area contributed by atoms with Gasteiger partial charge in [0.05, 0.1) is 5.56 Å². The van der Waals surface area contributed by atoms with Crippen molar-refractivity contribution in [2.75, 3.05) is 0 Å². The molecule has 34 heavy (non-hydrogen) atoms. The van der Waals surface area contributed by atoms with Crippen molar-refractivity contribution in [1.82, 2.24) is 0 Å². The van der Waals surface area contributed by atoms with E-state index in [-0.39, 0.29) is 18.4 Å². The predicted molar refractivity (Wildman–Crippen MR) is 126 cm³/mol. The van der Waals surface area contributed by atoms with Gasteiger partial charge >= 0.3 is 0 Å². The van der Waals surface area contributed by atoms with Crippen molar-refractivity contribution < 1.29 is 22.0 Å². The third-order valence-corrected chi connectivity index (χ3v) is 5.83. The van der Waals surface area contributed by atoms with E-state index in [0.29, 0.717) is 22.3 Å². The van der Waals surface area contributed by atoms with Crippen molar-refractivity contribution in [2.45, 2.75) is 19.5 Å². The van der Waals surface area contributed by atoms with Crippen LogP contribution in [-0.2, 0) is 19.5 Å². The molecule has 0 radical (unpaired) electrons. The summed E-state index contributed by atoms with van der Waals surface area (Å²) in [4.78, 5) is 0. The van der Waals surface area contributed by atoms with E-state index >= 15 is 0 Å². The first-order valence-electron chi connectivity index (χ1n) is 10.7. The Hall–Kier alpha value is -3.73. The number of rotatable bonds is 7. The van der Waals surface area contributed by atoms with Crippen LogP contribution in [0.3, 0.4) is 0 Å². The summed E-state index contributed by atoms with van der Waals surface area (Å²) in [5, 5.41) is 0. The second-order valence-corrected chi connectivity index (χ2v) is 8.00. The van der Waals surface area contributed by atoms with Crippen LogP contribution in [0, 0.1) is 23.3 Å². The van der Waals surface area contributed by atoms with Crippen LogP contribution in [0.4, 0.5) is 22.0 Å². The first-order valence-corrected chi connectivity index (χ1v) is 10.7. The number of alkyl halides is 1. The van der Waals surface area contributed by atoms with Gasteiger partial charge in [0.2, 0.25) is 0 Å². The molecule has 172 valence electrons. The molecule has 4 rings (SSSR count). The maximum Gasteiger partial charge on any atom is 0.132 e. The highest BCUT2D eigenvalue weighted by molar-refractivity contribution is 5.72. The lowest BCUT2D eigenvalue weighted by Gasteiger charge is -2.10. The van der Waals surface area contributed by atoms with Gasteiger partial charge in [-0.1, -0.05) is 61.2 Å². The van der Waals surface area contributed by atoms with Gasteiger partial charge < -0.3 is 0 Å². The molecule has 0 fully saturated rings. The Morgan fingerprint density at radius 2 is 1.24 bits per heavy atom. The molecule has 0 spiro atoms. The maximum absolute atomic E-state index is 14.9. The predicted octanol–water partition coefficient (Wildman–Crippen LogP) is 8.47. The van der Waals surface area contributed by atoms with E-state index in [4.69, 9.17) is 0 Å². The number of aryl methyl sites for hydroxylation is 2. The van der Waals surface area contributed by atoms with Crippen LogP contribution in [0.15, 0.2) is 79.4 Å². The molecule has 0 aliphatic rings. The van der Waals surface area contributed by atoms with E-state index in [1.807, 2.05) is 24.3 Å². The zero-order valence-corrected chi connectivity index (χ0v) is 18.2. The minimum atomic E-state index is -1.23. The summed E-state index contributed by atoms with van der Waals surface area (Å²) in [6.45, 7) is 2.48. The summed E-state index contributed by atoms with van der Waals surface area (Å²) in [5.74, 6) is -2.92. The fraction of sp³-hybridized carbons (Fsp3) is 0.103. The molecule has 0 atom stereocenters. The highest BCUT2D eigenvalue weighted by atomic mass is 19.2. The first kappa shape index (κ1) is 23.4. The van der Waals surface area contributed by atoms with Crippen LogP contribution in [0.5, 0.6) is 0 Å². The molecule has 0 saturated carbocycles. The van der Waals surface area contributed by atoms with Crippen molar-refractivity contribution in [3.05, 3.63) is 125 Å². The summed E-state index contributed by atoms with van der Waals surface area (Å²) in [7, 11) is 0. The molecular formula is C29H21F5. The smallest absolute Gasteiger partial charge is 0.132 e. The Morgan fingerprint density at radius 1 is 0.618 bits per heavy atom. The molecule has 0 bridgehead atoms. The van der Waals surface area contributed by atoms with E-state index in [2.05, 4.69) is 6.58 Å². The molecule has 0 amide bonds. The van der Waals surface area contributed by atoms with E-state index < -0.39 is 35.5 Å². The second kappa shape index (κ2) is 10.0. The Morgan fingerprint density at radius 3 is 1.82 bits per heavy atom. The second-order valence-electron chi connectivity index (χ2n) is 8.00. The molecule has 0 aliphatic carbocycles. The third-order valence-electron chi connectivity index (χ3n) is 5.83. The minimum Gasteiger partial charge on any atom is -0.246 e. The highest BCUT2D eigenvalue weighted by Crippen LogP contribution is 2.30. The first-order chi connectivity index (χ1) is 16.4. The zero-order valence-electron chi connectivity index (χ0n) is 18.2. The van der Waals surface area contributed by atoms with Crippen LogP contribution >= 0.6 is 0 Å². The molecule has 0 aromatic heterocycles. The van der Waals surface area contributed by atoms with Gasteiger partial charge in [0.1, 0.15) is 29.9 Å². The zero-order chi connectivity index (χ0) is 24.2. The lowest BCUT2D eigenvalue weighted by molar-refractivity contribution is 0.439. The van der Waals surface area contributed by atoms with E-state index in [0.717, 1.165) is 23.3 Å². The lowest BCUT2D eigenvalue weighted by Crippen LogP contribution is -2.00. The topological polar surface area (TPSA) is 0 Å². The number of halogens is 5. The standard InChI is InChI=1S/C29H21F5/c1-2-18-3-6-20(7-4-18)22-11-12-24(29(34)15-22)23-10-9-21(26(31)16-23)8-5-19-13-27(32)25(17-30)28(33)14-19/h2-4,6-7,9-16H,1,5,8,17H2. The van der Waals surface area contributed by atoms with E-state index in [9.17, 15) is 22.0 Å². The van der Waals surface area contributed by atoms with Crippen molar-refractivity contribution >= 4 is 6.08 Å². The SMILES string of the molecule is C=Cc1ccc(-c2ccc(-c3ccc(CCc4cc(F)c(CF)c(F)c4)c(F)c3)c(F)c2)cc1. The van der Waals surface area contributed by atoms with Crippen LogP contribution < -0.4 is 0 Å². The van der Waals surface area contributed by atoms with Gasteiger partial charge in [-0.25, -0.2) is 22.0 Å². The molecule has 4 aromatic carbocycles. The normalized spacial score (nSPS) is 11.0. The van der Waals surface area contributed by atoms with E-state index in [1.54, 1.807) is 24.3 Å². The monoisotopic (exact) mass is 464 g/mol. The minimum absolute atomic E-state index is 0.171. The van der Waals surface area contributed by atoms with Crippen LogP contribution in [-0.4, -0.2) is 0 Å². The summed E-state index contributed by atoms with van der Waals surface area (Å²) < 4.78 is 69.8. The number of hydrogen-bond acceptors (Lipinski definition) is 0. The van der Waals surface area contributed by atoms with Crippen molar-refractivity contribution in [2.24, 2.45) is 0 Å². The average Bonchev–Trinajstić information content (AvgIpc) is 2.83. The fourth-order valence-corrected chi connectivity index (χ4v) is 3.86. The Bertz CT molecular complexity index is 1320. The summed E-state index contributed by atoms with van der Waals surface area (Å²) >= 11 is 0. The molecule has 5 heteroatoms. The Labute approximate surface area is 195 Å². The molecule has 0 aliphatic heterocycles. The van der Waals surface area contributed by atoms with Crippen molar-refractivity contribution in [3.8, 4) is 22.3 Å². The molecular weight excluding hydrogens is 443 g/mol. The lowest BCUT2D eigenvalue weighted by atomic mass is 9.96. The summed E-state index contributed by atoms with van der Waals surface area (Å²) in [5.41, 5.74) is 3.19. The van der Waals surface area contributed by atoms with Crippen molar-refractivity contribution in [3.63, 3.8) is 0 Å². The third kappa shape index (κ3) is 4.93. The number of hydrogen-bond donors (Lipinski definition) is 0.